The number of para-hydroxylation sites is 1. The lowest BCUT2D eigenvalue weighted by atomic mass is 9.97. The van der Waals surface area contributed by atoms with Gasteiger partial charge >= 0.3 is 0 Å². The average Bonchev–Trinajstić information content (AvgIpc) is 2.85. The Morgan fingerprint density at radius 1 is 1.35 bits per heavy atom. The summed E-state index contributed by atoms with van der Waals surface area (Å²) in [5.41, 5.74) is 0.374. The zero-order valence-corrected chi connectivity index (χ0v) is 12.5. The number of benzene rings is 1. The van der Waals surface area contributed by atoms with Gasteiger partial charge in [0.1, 0.15) is 0 Å². The quantitative estimate of drug-likeness (QED) is 0.877. The largest absolute Gasteiger partial charge is 0.325 e. The van der Waals surface area contributed by atoms with Gasteiger partial charge in [0.05, 0.1) is 22.3 Å². The maximum absolute atomic E-state index is 12.2. The molecule has 1 aromatic rings. The maximum Gasteiger partial charge on any atom is 0.229 e. The number of anilines is 1. The van der Waals surface area contributed by atoms with Crippen LogP contribution < -0.4 is 10.6 Å². The molecule has 2 atom stereocenters. The molecule has 1 fully saturated rings. The van der Waals surface area contributed by atoms with Crippen molar-refractivity contribution in [1.82, 2.24) is 5.32 Å². The second kappa shape index (κ2) is 5.93. The molecule has 5 nitrogen and oxygen atoms in total. The molecule has 1 amide bonds. The highest BCUT2D eigenvalue weighted by Crippen LogP contribution is 2.24. The standard InChI is InChI=1S/C14H20N2O3S/c1-3-20(18,19)13-7-5-4-6-12(13)16-14(17)11-9-15-8-10(11)2/h4-7,10-11,15H,3,8-9H2,1-2H3,(H,16,17)/t10-,11-/m1/s1. The smallest absolute Gasteiger partial charge is 0.229 e. The van der Waals surface area contributed by atoms with Crippen LogP contribution in [0.15, 0.2) is 29.2 Å². The monoisotopic (exact) mass is 296 g/mol. The lowest BCUT2D eigenvalue weighted by Crippen LogP contribution is -2.28. The first-order valence-electron chi connectivity index (χ1n) is 6.79. The van der Waals surface area contributed by atoms with Crippen molar-refractivity contribution >= 4 is 21.4 Å². The average molecular weight is 296 g/mol. The lowest BCUT2D eigenvalue weighted by molar-refractivity contribution is -0.120. The molecule has 2 N–H and O–H groups in total. The third-order valence-electron chi connectivity index (χ3n) is 3.71. The van der Waals surface area contributed by atoms with Crippen LogP contribution in [0.2, 0.25) is 0 Å². The Bertz CT molecular complexity index is 598. The van der Waals surface area contributed by atoms with Crippen LogP contribution >= 0.6 is 0 Å². The Morgan fingerprint density at radius 3 is 2.65 bits per heavy atom. The first-order valence-corrected chi connectivity index (χ1v) is 8.44. The van der Waals surface area contributed by atoms with Gasteiger partial charge < -0.3 is 10.6 Å². The van der Waals surface area contributed by atoms with Gasteiger partial charge in [0.25, 0.3) is 0 Å². The van der Waals surface area contributed by atoms with Crippen molar-refractivity contribution in [3.8, 4) is 0 Å². The topological polar surface area (TPSA) is 75.3 Å². The molecule has 20 heavy (non-hydrogen) atoms. The Kier molecular flexibility index (Phi) is 4.45. The maximum atomic E-state index is 12.2. The van der Waals surface area contributed by atoms with Gasteiger partial charge in [-0.2, -0.15) is 0 Å². The van der Waals surface area contributed by atoms with E-state index in [-0.39, 0.29) is 28.4 Å². The van der Waals surface area contributed by atoms with E-state index in [9.17, 15) is 13.2 Å². The predicted molar refractivity (Wildman–Crippen MR) is 78.3 cm³/mol. The number of carbonyl (C=O) groups is 1. The van der Waals surface area contributed by atoms with Gasteiger partial charge in [-0.05, 0) is 24.6 Å². The van der Waals surface area contributed by atoms with Crippen molar-refractivity contribution in [2.45, 2.75) is 18.7 Å². The third kappa shape index (κ3) is 3.02. The summed E-state index contributed by atoms with van der Waals surface area (Å²) in [6.07, 6.45) is 0. The van der Waals surface area contributed by atoms with E-state index in [4.69, 9.17) is 0 Å². The summed E-state index contributed by atoms with van der Waals surface area (Å²) in [6.45, 7) is 5.05. The minimum absolute atomic E-state index is 0.0151. The van der Waals surface area contributed by atoms with Gasteiger partial charge in [-0.15, -0.1) is 0 Å². The van der Waals surface area contributed by atoms with Gasteiger partial charge in [-0.3, -0.25) is 4.79 Å². The fourth-order valence-electron chi connectivity index (χ4n) is 2.38. The minimum Gasteiger partial charge on any atom is -0.325 e. The highest BCUT2D eigenvalue weighted by atomic mass is 32.2. The summed E-state index contributed by atoms with van der Waals surface area (Å²) < 4.78 is 24.1. The molecule has 1 aromatic carbocycles. The molecule has 1 aliphatic rings. The van der Waals surface area contributed by atoms with Gasteiger partial charge in [0, 0.05) is 6.54 Å². The molecular formula is C14H20N2O3S. The lowest BCUT2D eigenvalue weighted by Gasteiger charge is -2.16. The first-order chi connectivity index (χ1) is 9.45. The molecule has 0 aromatic heterocycles. The van der Waals surface area contributed by atoms with Crippen molar-refractivity contribution in [3.05, 3.63) is 24.3 Å². The zero-order valence-electron chi connectivity index (χ0n) is 11.7. The molecule has 0 bridgehead atoms. The Morgan fingerprint density at radius 2 is 2.05 bits per heavy atom. The molecule has 2 rings (SSSR count). The molecule has 0 radical (unpaired) electrons. The Hall–Kier alpha value is -1.40. The van der Waals surface area contributed by atoms with Crippen LogP contribution in [0.25, 0.3) is 0 Å². The van der Waals surface area contributed by atoms with Crippen molar-refractivity contribution in [2.75, 3.05) is 24.2 Å². The first kappa shape index (κ1) is 15.0. The second-order valence-electron chi connectivity index (χ2n) is 5.13. The Labute approximate surface area is 119 Å². The van der Waals surface area contributed by atoms with E-state index in [2.05, 4.69) is 10.6 Å². The number of hydrogen-bond acceptors (Lipinski definition) is 4. The molecule has 1 aliphatic heterocycles. The van der Waals surface area contributed by atoms with Gasteiger partial charge in [0.15, 0.2) is 9.84 Å². The van der Waals surface area contributed by atoms with E-state index in [1.54, 1.807) is 25.1 Å². The van der Waals surface area contributed by atoms with Crippen LogP contribution in [-0.4, -0.2) is 33.2 Å². The summed E-state index contributed by atoms with van der Waals surface area (Å²) >= 11 is 0. The summed E-state index contributed by atoms with van der Waals surface area (Å²) in [6, 6.07) is 6.55. The van der Waals surface area contributed by atoms with Gasteiger partial charge in [0.2, 0.25) is 5.91 Å². The van der Waals surface area contributed by atoms with Crippen LogP contribution in [0.3, 0.4) is 0 Å². The van der Waals surface area contributed by atoms with Crippen LogP contribution in [0.5, 0.6) is 0 Å². The fraction of sp³-hybridized carbons (Fsp3) is 0.500. The molecule has 0 spiro atoms. The van der Waals surface area contributed by atoms with Crippen LogP contribution in [0.4, 0.5) is 5.69 Å². The zero-order chi connectivity index (χ0) is 14.8. The van der Waals surface area contributed by atoms with Crippen molar-refractivity contribution in [3.63, 3.8) is 0 Å². The summed E-state index contributed by atoms with van der Waals surface area (Å²) in [5.74, 6) is 0.0277. The van der Waals surface area contributed by atoms with E-state index in [1.165, 1.54) is 6.07 Å². The third-order valence-corrected chi connectivity index (χ3v) is 5.50. The summed E-state index contributed by atoms with van der Waals surface area (Å²) in [5, 5.41) is 5.93. The van der Waals surface area contributed by atoms with E-state index >= 15 is 0 Å². The second-order valence-corrected chi connectivity index (χ2v) is 7.38. The number of rotatable bonds is 4. The van der Waals surface area contributed by atoms with Crippen molar-refractivity contribution in [2.24, 2.45) is 11.8 Å². The van der Waals surface area contributed by atoms with Crippen LogP contribution in [0.1, 0.15) is 13.8 Å². The molecule has 0 saturated carbocycles. The molecule has 1 heterocycles. The number of carbonyl (C=O) groups excluding carboxylic acids is 1. The predicted octanol–water partition coefficient (Wildman–Crippen LogP) is 1.27. The number of nitrogens with one attached hydrogen (secondary N) is 2. The van der Waals surface area contributed by atoms with E-state index in [1.807, 2.05) is 6.92 Å². The molecule has 6 heteroatoms. The van der Waals surface area contributed by atoms with Crippen molar-refractivity contribution < 1.29 is 13.2 Å². The van der Waals surface area contributed by atoms with Gasteiger partial charge in [-0.25, -0.2) is 8.42 Å². The number of amides is 1. The number of hydrogen-bond donors (Lipinski definition) is 2. The molecule has 0 unspecified atom stereocenters. The summed E-state index contributed by atoms with van der Waals surface area (Å²) in [7, 11) is -3.34. The molecule has 1 saturated heterocycles. The molecule has 0 aliphatic carbocycles. The summed E-state index contributed by atoms with van der Waals surface area (Å²) in [4.78, 5) is 12.4. The van der Waals surface area contributed by atoms with Gasteiger partial charge in [-0.1, -0.05) is 26.0 Å². The highest BCUT2D eigenvalue weighted by Gasteiger charge is 2.30. The minimum atomic E-state index is -3.34. The molecular weight excluding hydrogens is 276 g/mol. The number of sulfone groups is 1. The van der Waals surface area contributed by atoms with E-state index in [0.29, 0.717) is 12.2 Å². The highest BCUT2D eigenvalue weighted by molar-refractivity contribution is 7.91. The van der Waals surface area contributed by atoms with E-state index < -0.39 is 9.84 Å². The van der Waals surface area contributed by atoms with Crippen LogP contribution in [-0.2, 0) is 14.6 Å². The Balaban J connectivity index is 2.24. The normalized spacial score (nSPS) is 22.7. The van der Waals surface area contributed by atoms with Crippen LogP contribution in [0, 0.1) is 11.8 Å². The molecule has 110 valence electrons. The SMILES string of the molecule is CCS(=O)(=O)c1ccccc1NC(=O)[C@@H]1CNC[C@H]1C. The van der Waals surface area contributed by atoms with E-state index in [0.717, 1.165) is 6.54 Å². The fourth-order valence-corrected chi connectivity index (χ4v) is 3.43. The van der Waals surface area contributed by atoms with Crippen molar-refractivity contribution in [1.29, 1.82) is 0 Å².